The van der Waals surface area contributed by atoms with Crippen LogP contribution in [0.2, 0.25) is 5.02 Å². The number of ether oxygens (including phenoxy) is 1. The molecule has 0 bridgehead atoms. The van der Waals surface area contributed by atoms with Crippen molar-refractivity contribution in [2.24, 2.45) is 0 Å². The Kier molecular flexibility index (Phi) is 5.10. The summed E-state index contributed by atoms with van der Waals surface area (Å²) >= 11 is 7.53. The van der Waals surface area contributed by atoms with Crippen LogP contribution in [0.25, 0.3) is 0 Å². The number of rotatable bonds is 4. The number of carbonyl (C=O) groups is 1. The predicted octanol–water partition coefficient (Wildman–Crippen LogP) is 3.98. The van der Waals surface area contributed by atoms with Gasteiger partial charge in [0.05, 0.1) is 18.9 Å². The van der Waals surface area contributed by atoms with Gasteiger partial charge in [0.25, 0.3) is 5.91 Å². The lowest BCUT2D eigenvalue weighted by Crippen LogP contribution is -2.18. The van der Waals surface area contributed by atoms with E-state index in [1.54, 1.807) is 0 Å². The van der Waals surface area contributed by atoms with E-state index in [1.807, 2.05) is 37.3 Å². The SMILES string of the molecule is Cc1nc(NC(=O)C2=CCOCC2)sc1Cc1cccc(Cl)c1. The maximum Gasteiger partial charge on any atom is 0.253 e. The Balaban J connectivity index is 1.70. The van der Waals surface area contributed by atoms with Crippen molar-refractivity contribution in [1.29, 1.82) is 0 Å². The molecule has 1 aromatic carbocycles. The molecule has 23 heavy (non-hydrogen) atoms. The van der Waals surface area contributed by atoms with Crippen molar-refractivity contribution >= 4 is 34.0 Å². The van der Waals surface area contributed by atoms with Gasteiger partial charge in [0.15, 0.2) is 5.13 Å². The van der Waals surface area contributed by atoms with Crippen LogP contribution in [0.4, 0.5) is 5.13 Å². The summed E-state index contributed by atoms with van der Waals surface area (Å²) in [7, 11) is 0. The van der Waals surface area contributed by atoms with E-state index in [-0.39, 0.29) is 5.91 Å². The zero-order chi connectivity index (χ0) is 16.2. The average Bonchev–Trinajstić information content (AvgIpc) is 2.87. The fraction of sp³-hybridized carbons (Fsp3) is 0.294. The van der Waals surface area contributed by atoms with Gasteiger partial charge in [0, 0.05) is 28.3 Å². The van der Waals surface area contributed by atoms with Gasteiger partial charge < -0.3 is 4.74 Å². The minimum absolute atomic E-state index is 0.0867. The molecule has 0 aliphatic carbocycles. The van der Waals surface area contributed by atoms with Gasteiger partial charge in [-0.05, 0) is 24.6 Å². The van der Waals surface area contributed by atoms with Crippen molar-refractivity contribution < 1.29 is 9.53 Å². The van der Waals surface area contributed by atoms with Gasteiger partial charge in [-0.3, -0.25) is 10.1 Å². The van der Waals surface area contributed by atoms with Gasteiger partial charge in [-0.1, -0.05) is 29.8 Å². The van der Waals surface area contributed by atoms with Crippen LogP contribution in [0.15, 0.2) is 35.9 Å². The predicted molar refractivity (Wildman–Crippen MR) is 93.3 cm³/mol. The van der Waals surface area contributed by atoms with Gasteiger partial charge in [-0.25, -0.2) is 4.98 Å². The van der Waals surface area contributed by atoms with Crippen molar-refractivity contribution in [1.82, 2.24) is 4.98 Å². The second-order valence-electron chi connectivity index (χ2n) is 5.34. The van der Waals surface area contributed by atoms with Crippen LogP contribution in [-0.2, 0) is 16.0 Å². The number of hydrogen-bond donors (Lipinski definition) is 1. The molecule has 0 spiro atoms. The number of halogens is 1. The molecule has 1 N–H and O–H groups in total. The second-order valence-corrected chi connectivity index (χ2v) is 6.86. The fourth-order valence-corrected chi connectivity index (χ4v) is 3.59. The number of hydrogen-bond acceptors (Lipinski definition) is 4. The second kappa shape index (κ2) is 7.25. The van der Waals surface area contributed by atoms with Gasteiger partial charge in [0.1, 0.15) is 0 Å². The summed E-state index contributed by atoms with van der Waals surface area (Å²) in [5.74, 6) is -0.0867. The van der Waals surface area contributed by atoms with Crippen molar-refractivity contribution in [2.75, 3.05) is 18.5 Å². The van der Waals surface area contributed by atoms with Gasteiger partial charge in [-0.2, -0.15) is 0 Å². The molecule has 1 aliphatic heterocycles. The number of nitrogens with one attached hydrogen (secondary N) is 1. The molecule has 4 nitrogen and oxygen atoms in total. The van der Waals surface area contributed by atoms with E-state index in [1.165, 1.54) is 11.3 Å². The Morgan fingerprint density at radius 3 is 3.09 bits per heavy atom. The van der Waals surface area contributed by atoms with Crippen molar-refractivity contribution in [3.63, 3.8) is 0 Å². The number of nitrogens with zero attached hydrogens (tertiary/aromatic N) is 1. The highest BCUT2D eigenvalue weighted by molar-refractivity contribution is 7.15. The normalized spacial score (nSPS) is 14.4. The first-order chi connectivity index (χ1) is 11.1. The van der Waals surface area contributed by atoms with Crippen molar-refractivity contribution in [2.45, 2.75) is 19.8 Å². The molecule has 0 unspecified atom stereocenters. The minimum atomic E-state index is -0.0867. The highest BCUT2D eigenvalue weighted by atomic mass is 35.5. The first-order valence-electron chi connectivity index (χ1n) is 7.40. The Labute approximate surface area is 144 Å². The third kappa shape index (κ3) is 4.19. The lowest BCUT2D eigenvalue weighted by atomic mass is 10.1. The number of amides is 1. The highest BCUT2D eigenvalue weighted by Gasteiger charge is 2.15. The van der Waals surface area contributed by atoms with Crippen LogP contribution in [0.5, 0.6) is 0 Å². The summed E-state index contributed by atoms with van der Waals surface area (Å²) < 4.78 is 5.22. The molecule has 0 saturated heterocycles. The van der Waals surface area contributed by atoms with Crippen LogP contribution >= 0.6 is 22.9 Å². The van der Waals surface area contributed by atoms with Crippen molar-refractivity contribution in [3.8, 4) is 0 Å². The van der Waals surface area contributed by atoms with E-state index in [0.29, 0.717) is 24.8 Å². The monoisotopic (exact) mass is 348 g/mol. The number of benzene rings is 1. The number of aromatic nitrogens is 1. The third-order valence-electron chi connectivity index (χ3n) is 3.62. The first kappa shape index (κ1) is 16.2. The molecule has 0 atom stereocenters. The molecule has 0 fully saturated rings. The molecule has 3 rings (SSSR count). The van der Waals surface area contributed by atoms with Gasteiger partial charge in [0.2, 0.25) is 0 Å². The van der Waals surface area contributed by atoms with E-state index in [0.717, 1.165) is 33.2 Å². The molecule has 120 valence electrons. The standard InChI is InChI=1S/C17H17ClN2O2S/c1-11-15(10-12-3-2-4-14(18)9-12)23-17(19-11)20-16(21)13-5-7-22-8-6-13/h2-5,9H,6-8,10H2,1H3,(H,19,20,21). The van der Waals surface area contributed by atoms with Crippen molar-refractivity contribution in [3.05, 3.63) is 57.1 Å². The molecule has 0 radical (unpaired) electrons. The summed E-state index contributed by atoms with van der Waals surface area (Å²) in [6, 6.07) is 7.79. The fourth-order valence-electron chi connectivity index (χ4n) is 2.39. The molecule has 6 heteroatoms. The zero-order valence-electron chi connectivity index (χ0n) is 12.8. The molecule has 0 saturated carbocycles. The molecule has 1 amide bonds. The molecular weight excluding hydrogens is 332 g/mol. The lowest BCUT2D eigenvalue weighted by molar-refractivity contribution is -0.113. The number of aryl methyl sites for hydroxylation is 1. The highest BCUT2D eigenvalue weighted by Crippen LogP contribution is 2.26. The Morgan fingerprint density at radius 2 is 2.35 bits per heavy atom. The summed E-state index contributed by atoms with van der Waals surface area (Å²) in [6.07, 6.45) is 3.23. The van der Waals surface area contributed by atoms with Crippen LogP contribution in [-0.4, -0.2) is 24.1 Å². The van der Waals surface area contributed by atoms with Gasteiger partial charge in [-0.15, -0.1) is 11.3 Å². The topological polar surface area (TPSA) is 51.2 Å². The first-order valence-corrected chi connectivity index (χ1v) is 8.60. The maximum absolute atomic E-state index is 12.2. The summed E-state index contributed by atoms with van der Waals surface area (Å²) in [5, 5.41) is 4.25. The van der Waals surface area contributed by atoms with E-state index in [2.05, 4.69) is 10.3 Å². The summed E-state index contributed by atoms with van der Waals surface area (Å²) in [4.78, 5) is 17.8. The lowest BCUT2D eigenvalue weighted by Gasteiger charge is -2.12. The average molecular weight is 349 g/mol. The Morgan fingerprint density at radius 1 is 1.48 bits per heavy atom. The third-order valence-corrected chi connectivity index (χ3v) is 4.93. The molecule has 2 heterocycles. The molecule has 1 aliphatic rings. The Hall–Kier alpha value is -1.69. The summed E-state index contributed by atoms with van der Waals surface area (Å²) in [6.45, 7) is 3.05. The van der Waals surface area contributed by atoms with E-state index in [4.69, 9.17) is 16.3 Å². The van der Waals surface area contributed by atoms with E-state index in [9.17, 15) is 4.79 Å². The number of carbonyl (C=O) groups excluding carboxylic acids is 1. The minimum Gasteiger partial charge on any atom is -0.377 e. The maximum atomic E-state index is 12.2. The van der Waals surface area contributed by atoms with Gasteiger partial charge >= 0.3 is 0 Å². The van der Waals surface area contributed by atoms with Crippen LogP contribution in [0, 0.1) is 6.92 Å². The van der Waals surface area contributed by atoms with Crippen LogP contribution in [0.3, 0.4) is 0 Å². The number of thiazole rings is 1. The quantitative estimate of drug-likeness (QED) is 0.909. The van der Waals surface area contributed by atoms with Crippen LogP contribution in [0.1, 0.15) is 22.6 Å². The van der Waals surface area contributed by atoms with E-state index < -0.39 is 0 Å². The molecule has 2 aromatic rings. The zero-order valence-corrected chi connectivity index (χ0v) is 14.3. The molecule has 1 aromatic heterocycles. The van der Waals surface area contributed by atoms with Crippen LogP contribution < -0.4 is 5.32 Å². The Bertz CT molecular complexity index is 755. The van der Waals surface area contributed by atoms with E-state index >= 15 is 0 Å². The summed E-state index contributed by atoms with van der Waals surface area (Å²) in [5.41, 5.74) is 2.83. The number of anilines is 1. The molecular formula is C17H17ClN2O2S. The largest absolute Gasteiger partial charge is 0.377 e. The smallest absolute Gasteiger partial charge is 0.253 e.